The van der Waals surface area contributed by atoms with Crippen molar-refractivity contribution < 1.29 is 0 Å². The zero-order valence-electron chi connectivity index (χ0n) is 8.39. The van der Waals surface area contributed by atoms with Gasteiger partial charge in [-0.15, -0.1) is 0 Å². The molecule has 3 rings (SSSR count). The predicted octanol–water partition coefficient (Wildman–Crippen LogP) is 1.08. The van der Waals surface area contributed by atoms with Gasteiger partial charge < -0.3 is 10.2 Å². The number of piperidine rings is 1. The summed E-state index contributed by atoms with van der Waals surface area (Å²) in [5, 5.41) is 3.36. The molecule has 1 spiro atoms. The fourth-order valence-corrected chi connectivity index (χ4v) is 2.89. The second kappa shape index (κ2) is 2.96. The van der Waals surface area contributed by atoms with Crippen LogP contribution in [0.25, 0.3) is 0 Å². The molecule has 3 fully saturated rings. The van der Waals surface area contributed by atoms with Crippen molar-refractivity contribution in [2.75, 3.05) is 32.7 Å². The van der Waals surface area contributed by atoms with Crippen molar-refractivity contribution in [3.8, 4) is 0 Å². The molecule has 2 nitrogen and oxygen atoms in total. The zero-order chi connectivity index (χ0) is 8.73. The Kier molecular flexibility index (Phi) is 1.88. The van der Waals surface area contributed by atoms with Gasteiger partial charge in [0, 0.05) is 26.2 Å². The lowest BCUT2D eigenvalue weighted by atomic mass is 9.93. The Balaban J connectivity index is 1.52. The third kappa shape index (κ3) is 1.62. The average molecular weight is 180 g/mol. The van der Waals surface area contributed by atoms with E-state index >= 15 is 0 Å². The minimum atomic E-state index is 0.815. The molecule has 13 heavy (non-hydrogen) atoms. The zero-order valence-corrected chi connectivity index (χ0v) is 8.39. The maximum absolute atomic E-state index is 3.36. The van der Waals surface area contributed by atoms with E-state index in [1.54, 1.807) is 0 Å². The van der Waals surface area contributed by atoms with Crippen molar-refractivity contribution >= 4 is 0 Å². The molecule has 1 saturated carbocycles. The first-order valence-corrected chi connectivity index (χ1v) is 5.79. The van der Waals surface area contributed by atoms with Gasteiger partial charge >= 0.3 is 0 Å². The molecule has 2 heteroatoms. The van der Waals surface area contributed by atoms with Crippen LogP contribution in [0.1, 0.15) is 25.7 Å². The van der Waals surface area contributed by atoms with Crippen LogP contribution in [0, 0.1) is 11.3 Å². The Hall–Kier alpha value is -0.0800. The van der Waals surface area contributed by atoms with Gasteiger partial charge in [-0.25, -0.2) is 0 Å². The van der Waals surface area contributed by atoms with Gasteiger partial charge in [-0.2, -0.15) is 0 Å². The minimum absolute atomic E-state index is 0.815. The second-order valence-electron chi connectivity index (χ2n) is 5.36. The molecular weight excluding hydrogens is 160 g/mol. The second-order valence-corrected chi connectivity index (χ2v) is 5.36. The van der Waals surface area contributed by atoms with Crippen molar-refractivity contribution in [2.24, 2.45) is 11.3 Å². The monoisotopic (exact) mass is 180 g/mol. The third-order valence-electron chi connectivity index (χ3n) is 4.08. The predicted molar refractivity (Wildman–Crippen MR) is 53.7 cm³/mol. The maximum Gasteiger partial charge on any atom is 0.00381 e. The molecule has 2 saturated heterocycles. The summed E-state index contributed by atoms with van der Waals surface area (Å²) in [6.07, 6.45) is 6.02. The highest BCUT2D eigenvalue weighted by atomic mass is 15.2. The van der Waals surface area contributed by atoms with Gasteiger partial charge in [0.15, 0.2) is 0 Å². The van der Waals surface area contributed by atoms with Crippen LogP contribution in [0.5, 0.6) is 0 Å². The molecule has 1 N–H and O–H groups in total. The molecule has 1 aliphatic carbocycles. The smallest absolute Gasteiger partial charge is 0.00381 e. The molecule has 0 aromatic carbocycles. The average Bonchev–Trinajstić information content (AvgIpc) is 2.78. The van der Waals surface area contributed by atoms with E-state index in [-0.39, 0.29) is 0 Å². The van der Waals surface area contributed by atoms with E-state index in [1.165, 1.54) is 58.4 Å². The molecule has 74 valence electrons. The largest absolute Gasteiger partial charge is 0.316 e. The molecule has 0 bridgehead atoms. The van der Waals surface area contributed by atoms with Crippen LogP contribution < -0.4 is 5.32 Å². The van der Waals surface area contributed by atoms with Crippen LogP contribution in [-0.2, 0) is 0 Å². The van der Waals surface area contributed by atoms with Crippen LogP contribution in [0.4, 0.5) is 0 Å². The van der Waals surface area contributed by atoms with E-state index in [0.29, 0.717) is 0 Å². The number of nitrogens with one attached hydrogen (secondary N) is 1. The summed E-state index contributed by atoms with van der Waals surface area (Å²) in [4.78, 5) is 2.72. The molecule has 0 atom stereocenters. The van der Waals surface area contributed by atoms with E-state index in [1.807, 2.05) is 0 Å². The van der Waals surface area contributed by atoms with Gasteiger partial charge in [-0.05, 0) is 43.6 Å². The van der Waals surface area contributed by atoms with Crippen molar-refractivity contribution in [2.45, 2.75) is 25.7 Å². The van der Waals surface area contributed by atoms with Gasteiger partial charge in [0.2, 0.25) is 0 Å². The van der Waals surface area contributed by atoms with E-state index in [0.717, 1.165) is 11.3 Å². The molecular formula is C11H20N2. The van der Waals surface area contributed by atoms with Crippen molar-refractivity contribution in [3.05, 3.63) is 0 Å². The quantitative estimate of drug-likeness (QED) is 0.684. The normalized spacial score (nSPS) is 33.2. The van der Waals surface area contributed by atoms with Gasteiger partial charge in [0.05, 0.1) is 0 Å². The molecule has 0 unspecified atom stereocenters. The lowest BCUT2D eigenvalue weighted by molar-refractivity contribution is 0.123. The summed E-state index contributed by atoms with van der Waals surface area (Å²) in [7, 11) is 0. The minimum Gasteiger partial charge on any atom is -0.316 e. The van der Waals surface area contributed by atoms with Crippen molar-refractivity contribution in [1.29, 1.82) is 0 Å². The summed E-state index contributed by atoms with van der Waals surface area (Å²) in [6, 6.07) is 0. The van der Waals surface area contributed by atoms with E-state index in [2.05, 4.69) is 10.2 Å². The summed E-state index contributed by atoms with van der Waals surface area (Å²) in [5.41, 5.74) is 0.815. The van der Waals surface area contributed by atoms with Crippen molar-refractivity contribution in [3.63, 3.8) is 0 Å². The number of likely N-dealkylation sites (tertiary alicyclic amines) is 1. The maximum atomic E-state index is 3.36. The first kappa shape index (κ1) is 8.25. The SMILES string of the molecule is C1CN(CC2CNC2)CC2(C1)CC2. The van der Waals surface area contributed by atoms with Crippen molar-refractivity contribution in [1.82, 2.24) is 10.2 Å². The summed E-state index contributed by atoms with van der Waals surface area (Å²) in [5.74, 6) is 0.967. The number of rotatable bonds is 2. The molecule has 0 aromatic heterocycles. The lowest BCUT2D eigenvalue weighted by Crippen LogP contribution is -2.50. The highest BCUT2D eigenvalue weighted by Gasteiger charge is 2.45. The van der Waals surface area contributed by atoms with Gasteiger partial charge in [-0.3, -0.25) is 0 Å². The van der Waals surface area contributed by atoms with Crippen LogP contribution in [0.2, 0.25) is 0 Å². The number of hydrogen-bond donors (Lipinski definition) is 1. The van der Waals surface area contributed by atoms with E-state index in [4.69, 9.17) is 0 Å². The molecule has 0 aromatic rings. The number of hydrogen-bond acceptors (Lipinski definition) is 2. The topological polar surface area (TPSA) is 15.3 Å². The Morgan fingerprint density at radius 1 is 1.23 bits per heavy atom. The standard InChI is InChI=1S/C11H20N2/c1-2-11(3-4-11)9-13(5-1)8-10-6-12-7-10/h10,12H,1-9H2. The van der Waals surface area contributed by atoms with Crippen LogP contribution in [0.15, 0.2) is 0 Å². The van der Waals surface area contributed by atoms with Crippen LogP contribution >= 0.6 is 0 Å². The first-order valence-electron chi connectivity index (χ1n) is 5.79. The third-order valence-corrected chi connectivity index (χ3v) is 4.08. The number of nitrogens with zero attached hydrogens (tertiary/aromatic N) is 1. The summed E-state index contributed by atoms with van der Waals surface area (Å²) in [6.45, 7) is 6.70. The Morgan fingerprint density at radius 2 is 2.08 bits per heavy atom. The Morgan fingerprint density at radius 3 is 2.69 bits per heavy atom. The van der Waals surface area contributed by atoms with Crippen LogP contribution in [0.3, 0.4) is 0 Å². The van der Waals surface area contributed by atoms with Gasteiger partial charge in [0.1, 0.15) is 0 Å². The summed E-state index contributed by atoms with van der Waals surface area (Å²) < 4.78 is 0. The molecule has 2 heterocycles. The molecule has 0 radical (unpaired) electrons. The fraction of sp³-hybridized carbons (Fsp3) is 1.00. The summed E-state index contributed by atoms with van der Waals surface area (Å²) >= 11 is 0. The first-order chi connectivity index (χ1) is 6.36. The van der Waals surface area contributed by atoms with E-state index < -0.39 is 0 Å². The van der Waals surface area contributed by atoms with Gasteiger partial charge in [0.25, 0.3) is 0 Å². The highest BCUT2D eigenvalue weighted by Crippen LogP contribution is 2.52. The van der Waals surface area contributed by atoms with E-state index in [9.17, 15) is 0 Å². The highest BCUT2D eigenvalue weighted by molar-refractivity contribution is 4.98. The fourth-order valence-electron chi connectivity index (χ4n) is 2.89. The van der Waals surface area contributed by atoms with Crippen LogP contribution in [-0.4, -0.2) is 37.6 Å². The molecule has 2 aliphatic heterocycles. The van der Waals surface area contributed by atoms with Gasteiger partial charge in [-0.1, -0.05) is 0 Å². The Bertz CT molecular complexity index is 194. The lowest BCUT2D eigenvalue weighted by Gasteiger charge is -2.38. The Labute approximate surface area is 80.7 Å². The molecule has 0 amide bonds. The molecule has 3 aliphatic rings.